The van der Waals surface area contributed by atoms with Gasteiger partial charge in [-0.3, -0.25) is 4.68 Å². The molecular formula is C11H19N7O2S. The fourth-order valence-corrected chi connectivity index (χ4v) is 2.76. The van der Waals surface area contributed by atoms with Crippen LogP contribution in [0.5, 0.6) is 0 Å². The largest absolute Gasteiger partial charge is 0.330 e. The first-order valence-corrected chi connectivity index (χ1v) is 8.06. The molecule has 0 spiro atoms. The van der Waals surface area contributed by atoms with E-state index in [9.17, 15) is 8.42 Å². The third-order valence-corrected chi connectivity index (χ3v) is 4.37. The Morgan fingerprint density at radius 1 is 1.43 bits per heavy atom. The lowest BCUT2D eigenvalue weighted by molar-refractivity contribution is 0.575. The Balaban J connectivity index is 1.92. The summed E-state index contributed by atoms with van der Waals surface area (Å²) in [5.41, 5.74) is 5.41. The van der Waals surface area contributed by atoms with Crippen LogP contribution in [-0.2, 0) is 30.0 Å². The van der Waals surface area contributed by atoms with Gasteiger partial charge in [0, 0.05) is 32.8 Å². The summed E-state index contributed by atoms with van der Waals surface area (Å²) in [5.74, 6) is 0.719. The zero-order chi connectivity index (χ0) is 15.3. The van der Waals surface area contributed by atoms with Crippen molar-refractivity contribution in [3.63, 3.8) is 0 Å². The van der Waals surface area contributed by atoms with Gasteiger partial charge in [-0.25, -0.2) is 13.1 Å². The molecule has 0 aromatic carbocycles. The summed E-state index contributed by atoms with van der Waals surface area (Å²) in [4.78, 5) is 0.150. The first-order valence-electron chi connectivity index (χ1n) is 6.58. The van der Waals surface area contributed by atoms with Crippen molar-refractivity contribution in [1.29, 1.82) is 0 Å². The standard InChI is InChI=1S/C11H19N7O2S/c1-17-9-13-16-11(17)3-5-15-21(19,20)10-7-14-18(8-10)6-2-4-12/h7-9,15H,2-6,12H2,1H3. The van der Waals surface area contributed by atoms with E-state index in [1.807, 2.05) is 7.05 Å². The van der Waals surface area contributed by atoms with Crippen LogP contribution in [0.3, 0.4) is 0 Å². The molecule has 0 unspecified atom stereocenters. The zero-order valence-corrected chi connectivity index (χ0v) is 12.6. The summed E-state index contributed by atoms with van der Waals surface area (Å²) in [6.45, 7) is 1.39. The molecule has 0 radical (unpaired) electrons. The maximum atomic E-state index is 12.1. The van der Waals surface area contributed by atoms with E-state index in [-0.39, 0.29) is 11.4 Å². The summed E-state index contributed by atoms with van der Waals surface area (Å²) in [6.07, 6.45) is 5.63. The molecule has 3 N–H and O–H groups in total. The van der Waals surface area contributed by atoms with Gasteiger partial charge in [0.2, 0.25) is 10.0 Å². The Morgan fingerprint density at radius 2 is 2.24 bits per heavy atom. The average molecular weight is 313 g/mol. The fourth-order valence-electron chi connectivity index (χ4n) is 1.77. The summed E-state index contributed by atoms with van der Waals surface area (Å²) in [5, 5.41) is 11.6. The first-order chi connectivity index (χ1) is 10.0. The minimum Gasteiger partial charge on any atom is -0.330 e. The summed E-state index contributed by atoms with van der Waals surface area (Å²) in [6, 6.07) is 0. The maximum absolute atomic E-state index is 12.1. The van der Waals surface area contributed by atoms with Gasteiger partial charge in [0.15, 0.2) is 0 Å². The first kappa shape index (κ1) is 15.6. The van der Waals surface area contributed by atoms with Gasteiger partial charge >= 0.3 is 0 Å². The molecule has 0 atom stereocenters. The molecule has 2 heterocycles. The van der Waals surface area contributed by atoms with E-state index in [4.69, 9.17) is 5.73 Å². The van der Waals surface area contributed by atoms with E-state index in [1.165, 1.54) is 12.4 Å². The SMILES string of the molecule is Cn1cnnc1CCNS(=O)(=O)c1cnn(CCCN)c1. The van der Waals surface area contributed by atoms with Gasteiger partial charge in [-0.1, -0.05) is 0 Å². The van der Waals surface area contributed by atoms with Gasteiger partial charge in [-0.05, 0) is 13.0 Å². The molecule has 0 aliphatic heterocycles. The molecule has 2 aromatic heterocycles. The van der Waals surface area contributed by atoms with Gasteiger partial charge in [0.05, 0.1) is 6.20 Å². The number of hydrogen-bond donors (Lipinski definition) is 2. The van der Waals surface area contributed by atoms with E-state index < -0.39 is 10.0 Å². The second kappa shape index (κ2) is 6.78. The number of nitrogens with one attached hydrogen (secondary N) is 1. The molecule has 0 bridgehead atoms. The zero-order valence-electron chi connectivity index (χ0n) is 11.8. The molecule has 9 nitrogen and oxygen atoms in total. The van der Waals surface area contributed by atoms with Crippen LogP contribution in [-0.4, -0.2) is 46.1 Å². The quantitative estimate of drug-likeness (QED) is 0.637. The average Bonchev–Trinajstić information content (AvgIpc) is 3.06. The van der Waals surface area contributed by atoms with Crippen LogP contribution >= 0.6 is 0 Å². The maximum Gasteiger partial charge on any atom is 0.243 e. The highest BCUT2D eigenvalue weighted by Gasteiger charge is 2.16. The Morgan fingerprint density at radius 3 is 2.90 bits per heavy atom. The number of aryl methyl sites for hydroxylation is 2. The number of rotatable bonds is 8. The number of nitrogens with two attached hydrogens (primary N) is 1. The highest BCUT2D eigenvalue weighted by Crippen LogP contribution is 2.07. The molecule has 21 heavy (non-hydrogen) atoms. The Bertz CT molecular complexity index is 676. The lowest BCUT2D eigenvalue weighted by atomic mass is 10.4. The number of aromatic nitrogens is 5. The Labute approximate surface area is 123 Å². The van der Waals surface area contributed by atoms with Crippen molar-refractivity contribution in [2.45, 2.75) is 24.3 Å². The summed E-state index contributed by atoms with van der Waals surface area (Å²) >= 11 is 0. The van der Waals surface area contributed by atoms with Crippen molar-refractivity contribution in [2.24, 2.45) is 12.8 Å². The number of nitrogens with zero attached hydrogens (tertiary/aromatic N) is 5. The molecule has 0 aliphatic rings. The molecule has 10 heteroatoms. The minimum absolute atomic E-state index is 0.150. The van der Waals surface area contributed by atoms with Crippen LogP contribution in [0, 0.1) is 0 Å². The fraction of sp³-hybridized carbons (Fsp3) is 0.545. The van der Waals surface area contributed by atoms with E-state index in [1.54, 1.807) is 15.6 Å². The molecular weight excluding hydrogens is 294 g/mol. The van der Waals surface area contributed by atoms with Crippen LogP contribution in [0.15, 0.2) is 23.6 Å². The minimum atomic E-state index is -3.55. The van der Waals surface area contributed by atoms with Crippen molar-refractivity contribution in [2.75, 3.05) is 13.1 Å². The third-order valence-electron chi connectivity index (χ3n) is 2.96. The molecule has 0 saturated heterocycles. The van der Waals surface area contributed by atoms with Crippen molar-refractivity contribution >= 4 is 10.0 Å². The van der Waals surface area contributed by atoms with Crippen molar-refractivity contribution < 1.29 is 8.42 Å². The number of sulfonamides is 1. The molecule has 0 saturated carbocycles. The monoisotopic (exact) mass is 313 g/mol. The smallest absolute Gasteiger partial charge is 0.243 e. The Hall–Kier alpha value is -1.78. The van der Waals surface area contributed by atoms with Gasteiger partial charge in [0.1, 0.15) is 17.0 Å². The normalized spacial score (nSPS) is 11.9. The van der Waals surface area contributed by atoms with Crippen LogP contribution in [0.25, 0.3) is 0 Å². The van der Waals surface area contributed by atoms with E-state index in [2.05, 4.69) is 20.0 Å². The molecule has 2 aromatic rings. The van der Waals surface area contributed by atoms with Crippen LogP contribution in [0.1, 0.15) is 12.2 Å². The Kier molecular flexibility index (Phi) is 5.04. The van der Waals surface area contributed by atoms with Gasteiger partial charge in [0.25, 0.3) is 0 Å². The second-order valence-corrected chi connectivity index (χ2v) is 6.35. The summed E-state index contributed by atoms with van der Waals surface area (Å²) in [7, 11) is -1.74. The number of hydrogen-bond acceptors (Lipinski definition) is 6. The third kappa shape index (κ3) is 4.09. The van der Waals surface area contributed by atoms with E-state index in [0.29, 0.717) is 19.5 Å². The predicted molar refractivity (Wildman–Crippen MR) is 75.8 cm³/mol. The molecule has 0 aliphatic carbocycles. The van der Waals surface area contributed by atoms with Gasteiger partial charge in [-0.15, -0.1) is 10.2 Å². The van der Waals surface area contributed by atoms with Crippen molar-refractivity contribution in [3.05, 3.63) is 24.5 Å². The van der Waals surface area contributed by atoms with Gasteiger partial charge in [-0.2, -0.15) is 5.10 Å². The molecule has 0 amide bonds. The van der Waals surface area contributed by atoms with E-state index >= 15 is 0 Å². The highest BCUT2D eigenvalue weighted by atomic mass is 32.2. The van der Waals surface area contributed by atoms with Crippen LogP contribution in [0.4, 0.5) is 0 Å². The lowest BCUT2D eigenvalue weighted by Gasteiger charge is -2.04. The van der Waals surface area contributed by atoms with Crippen LogP contribution in [0.2, 0.25) is 0 Å². The highest BCUT2D eigenvalue weighted by molar-refractivity contribution is 7.89. The van der Waals surface area contributed by atoms with E-state index in [0.717, 1.165) is 12.2 Å². The molecule has 116 valence electrons. The topological polar surface area (TPSA) is 121 Å². The molecule has 2 rings (SSSR count). The van der Waals surface area contributed by atoms with Crippen molar-refractivity contribution in [3.8, 4) is 0 Å². The summed E-state index contributed by atoms with van der Waals surface area (Å²) < 4.78 is 30.0. The lowest BCUT2D eigenvalue weighted by Crippen LogP contribution is -2.26. The van der Waals surface area contributed by atoms with Crippen molar-refractivity contribution in [1.82, 2.24) is 29.3 Å². The molecule has 0 fully saturated rings. The van der Waals surface area contributed by atoms with Crippen LogP contribution < -0.4 is 10.5 Å². The second-order valence-electron chi connectivity index (χ2n) is 4.59. The predicted octanol–water partition coefficient (Wildman–Crippen LogP) is -1.12. The van der Waals surface area contributed by atoms with Gasteiger partial charge < -0.3 is 10.3 Å².